The van der Waals surface area contributed by atoms with Crippen molar-refractivity contribution in [1.82, 2.24) is 14.9 Å². The Bertz CT molecular complexity index is 890. The summed E-state index contributed by atoms with van der Waals surface area (Å²) in [5, 5.41) is 11.2. The van der Waals surface area contributed by atoms with Crippen LogP contribution in [0.5, 0.6) is 0 Å². The van der Waals surface area contributed by atoms with Crippen molar-refractivity contribution in [1.29, 1.82) is 0 Å². The molecule has 2 aliphatic rings. The summed E-state index contributed by atoms with van der Waals surface area (Å²) in [4.78, 5) is 28.2. The van der Waals surface area contributed by atoms with Crippen LogP contribution in [0.4, 0.5) is 5.82 Å². The summed E-state index contributed by atoms with van der Waals surface area (Å²) >= 11 is 1.66. The molecule has 8 heteroatoms. The quantitative estimate of drug-likeness (QED) is 0.810. The van der Waals surface area contributed by atoms with Gasteiger partial charge in [-0.1, -0.05) is 6.92 Å². The maximum atomic E-state index is 12.0. The van der Waals surface area contributed by atoms with Crippen LogP contribution in [-0.4, -0.2) is 57.7 Å². The molecule has 0 aliphatic carbocycles. The molecule has 0 aromatic carbocycles. The fraction of sp³-hybridized carbons (Fsp3) is 0.650. The standard InChI is InChI=1S/C20H29N5O2S/c1-11-4-6-24(7-5-11)10-16-22-19(17-12(2)13(3)28-20(17)23-16)25-9-14(26)8-15(25)18(21)27/h11,14-15,26H,4-10H2,1-3H3,(H2,21,27)/t14-,15-/m0/s1. The highest BCUT2D eigenvalue weighted by Crippen LogP contribution is 2.37. The van der Waals surface area contributed by atoms with Crippen LogP contribution in [0.3, 0.4) is 0 Å². The van der Waals surface area contributed by atoms with E-state index < -0.39 is 18.1 Å². The summed E-state index contributed by atoms with van der Waals surface area (Å²) in [5.41, 5.74) is 6.77. The second-order valence-electron chi connectivity index (χ2n) is 8.35. The van der Waals surface area contributed by atoms with Gasteiger partial charge in [0.1, 0.15) is 22.5 Å². The van der Waals surface area contributed by atoms with Gasteiger partial charge in [0.2, 0.25) is 5.91 Å². The van der Waals surface area contributed by atoms with Gasteiger partial charge in [0.15, 0.2) is 0 Å². The molecule has 28 heavy (non-hydrogen) atoms. The Morgan fingerprint density at radius 3 is 2.68 bits per heavy atom. The van der Waals surface area contributed by atoms with Crippen molar-refractivity contribution < 1.29 is 9.90 Å². The number of rotatable bonds is 4. The van der Waals surface area contributed by atoms with Crippen LogP contribution in [0.25, 0.3) is 10.2 Å². The fourth-order valence-corrected chi connectivity index (χ4v) is 5.33. The molecule has 2 atom stereocenters. The second kappa shape index (κ2) is 7.57. The van der Waals surface area contributed by atoms with E-state index in [0.29, 0.717) is 19.5 Å². The SMILES string of the molecule is Cc1sc2nc(CN3CCC(C)CC3)nc(N3C[C@@H](O)C[C@H]3C(N)=O)c2c1C. The Morgan fingerprint density at radius 2 is 2.00 bits per heavy atom. The number of carbonyl (C=O) groups is 1. The molecule has 0 saturated carbocycles. The lowest BCUT2D eigenvalue weighted by Gasteiger charge is -2.30. The maximum absolute atomic E-state index is 12.0. The molecule has 2 aromatic heterocycles. The van der Waals surface area contributed by atoms with Crippen molar-refractivity contribution in [2.45, 2.75) is 58.7 Å². The van der Waals surface area contributed by atoms with E-state index in [0.717, 1.165) is 46.4 Å². The number of aliphatic hydroxyl groups is 1. The molecule has 1 amide bonds. The maximum Gasteiger partial charge on any atom is 0.240 e. The number of hydrogen-bond donors (Lipinski definition) is 2. The second-order valence-corrected chi connectivity index (χ2v) is 9.55. The highest BCUT2D eigenvalue weighted by Gasteiger charge is 2.37. The molecule has 2 aromatic rings. The average Bonchev–Trinajstić information content (AvgIpc) is 3.17. The summed E-state index contributed by atoms with van der Waals surface area (Å²) < 4.78 is 0. The van der Waals surface area contributed by atoms with Gasteiger partial charge in [-0.25, -0.2) is 9.97 Å². The van der Waals surface area contributed by atoms with Crippen molar-refractivity contribution >= 4 is 33.3 Å². The third kappa shape index (κ3) is 3.60. The third-order valence-electron chi connectivity index (χ3n) is 6.18. The zero-order chi connectivity index (χ0) is 20.0. The Kier molecular flexibility index (Phi) is 5.28. The lowest BCUT2D eigenvalue weighted by Crippen LogP contribution is -2.41. The van der Waals surface area contributed by atoms with Crippen LogP contribution >= 0.6 is 11.3 Å². The fourth-order valence-electron chi connectivity index (χ4n) is 4.29. The first-order chi connectivity index (χ1) is 13.3. The van der Waals surface area contributed by atoms with E-state index in [2.05, 4.69) is 25.7 Å². The first-order valence-electron chi connectivity index (χ1n) is 10.1. The predicted molar refractivity (Wildman–Crippen MR) is 112 cm³/mol. The summed E-state index contributed by atoms with van der Waals surface area (Å²) in [5.74, 6) is 1.88. The monoisotopic (exact) mass is 403 g/mol. The molecule has 152 valence electrons. The van der Waals surface area contributed by atoms with E-state index in [4.69, 9.17) is 15.7 Å². The Morgan fingerprint density at radius 1 is 1.29 bits per heavy atom. The lowest BCUT2D eigenvalue weighted by atomic mass is 9.99. The minimum absolute atomic E-state index is 0.350. The van der Waals surface area contributed by atoms with Gasteiger partial charge in [-0.3, -0.25) is 9.69 Å². The number of β-amino-alcohol motifs (C(OH)–C–C–N with tert-alkyl or cyclic N) is 1. The minimum atomic E-state index is -0.574. The highest BCUT2D eigenvalue weighted by molar-refractivity contribution is 7.18. The first kappa shape index (κ1) is 19.5. The molecule has 0 bridgehead atoms. The number of aliphatic hydroxyl groups excluding tert-OH is 1. The summed E-state index contributed by atoms with van der Waals surface area (Å²) in [6, 6.07) is -0.531. The number of hydrogen-bond acceptors (Lipinski definition) is 7. The summed E-state index contributed by atoms with van der Waals surface area (Å²) in [7, 11) is 0. The van der Waals surface area contributed by atoms with Gasteiger partial charge in [-0.15, -0.1) is 11.3 Å². The van der Waals surface area contributed by atoms with E-state index in [1.807, 2.05) is 4.90 Å². The molecular weight excluding hydrogens is 374 g/mol. The largest absolute Gasteiger partial charge is 0.391 e. The van der Waals surface area contributed by atoms with Crippen LogP contribution in [0.2, 0.25) is 0 Å². The predicted octanol–water partition coefficient (Wildman–Crippen LogP) is 1.96. The van der Waals surface area contributed by atoms with E-state index in [-0.39, 0.29) is 0 Å². The highest BCUT2D eigenvalue weighted by atomic mass is 32.1. The molecule has 0 spiro atoms. The zero-order valence-electron chi connectivity index (χ0n) is 16.8. The number of anilines is 1. The molecular formula is C20H29N5O2S. The number of aryl methyl sites for hydroxylation is 2. The Balaban J connectivity index is 1.74. The van der Waals surface area contributed by atoms with Crippen LogP contribution in [0.1, 0.15) is 42.5 Å². The number of amides is 1. The molecule has 2 aliphatic heterocycles. The number of nitrogens with two attached hydrogens (primary N) is 1. The van der Waals surface area contributed by atoms with Crippen LogP contribution in [0, 0.1) is 19.8 Å². The Hall–Kier alpha value is -1.77. The zero-order valence-corrected chi connectivity index (χ0v) is 17.6. The Labute approximate surface area is 169 Å². The van der Waals surface area contributed by atoms with E-state index in [9.17, 15) is 9.90 Å². The van der Waals surface area contributed by atoms with Gasteiger partial charge in [-0.2, -0.15) is 0 Å². The summed E-state index contributed by atoms with van der Waals surface area (Å²) in [6.45, 7) is 9.66. The summed E-state index contributed by atoms with van der Waals surface area (Å²) in [6.07, 6.45) is 2.18. The topological polar surface area (TPSA) is 95.6 Å². The van der Waals surface area contributed by atoms with E-state index >= 15 is 0 Å². The number of nitrogens with zero attached hydrogens (tertiary/aromatic N) is 4. The number of piperidine rings is 1. The molecule has 3 N–H and O–H groups in total. The number of fused-ring (bicyclic) bond motifs is 1. The molecule has 7 nitrogen and oxygen atoms in total. The van der Waals surface area contributed by atoms with E-state index in [1.165, 1.54) is 17.7 Å². The number of carbonyl (C=O) groups excluding carboxylic acids is 1. The molecule has 0 radical (unpaired) electrons. The van der Waals surface area contributed by atoms with Crippen LogP contribution in [0.15, 0.2) is 0 Å². The number of likely N-dealkylation sites (tertiary alicyclic amines) is 1. The van der Waals surface area contributed by atoms with Crippen molar-refractivity contribution in [2.24, 2.45) is 11.7 Å². The smallest absolute Gasteiger partial charge is 0.240 e. The van der Waals surface area contributed by atoms with E-state index in [1.54, 1.807) is 11.3 Å². The average molecular weight is 404 g/mol. The molecule has 2 fully saturated rings. The third-order valence-corrected chi connectivity index (χ3v) is 7.28. The first-order valence-corrected chi connectivity index (χ1v) is 10.9. The number of thiophene rings is 1. The van der Waals surface area contributed by atoms with Gasteiger partial charge >= 0.3 is 0 Å². The van der Waals surface area contributed by atoms with Crippen molar-refractivity contribution in [3.8, 4) is 0 Å². The van der Waals surface area contributed by atoms with Gasteiger partial charge in [0.05, 0.1) is 18.0 Å². The van der Waals surface area contributed by atoms with Crippen molar-refractivity contribution in [3.63, 3.8) is 0 Å². The van der Waals surface area contributed by atoms with Gasteiger partial charge in [0.25, 0.3) is 0 Å². The molecule has 4 rings (SSSR count). The normalized spacial score (nSPS) is 24.4. The van der Waals surface area contributed by atoms with Crippen molar-refractivity contribution in [3.05, 3.63) is 16.3 Å². The van der Waals surface area contributed by atoms with Gasteiger partial charge in [0, 0.05) is 17.8 Å². The number of aromatic nitrogens is 2. The van der Waals surface area contributed by atoms with Crippen LogP contribution in [-0.2, 0) is 11.3 Å². The minimum Gasteiger partial charge on any atom is -0.391 e. The van der Waals surface area contributed by atoms with Crippen LogP contribution < -0.4 is 10.6 Å². The van der Waals surface area contributed by atoms with Gasteiger partial charge < -0.3 is 15.7 Å². The molecule has 2 saturated heterocycles. The molecule has 0 unspecified atom stereocenters. The number of primary amides is 1. The molecule has 4 heterocycles. The van der Waals surface area contributed by atoms with Crippen molar-refractivity contribution in [2.75, 3.05) is 24.5 Å². The lowest BCUT2D eigenvalue weighted by molar-refractivity contribution is -0.119. The van der Waals surface area contributed by atoms with Gasteiger partial charge in [-0.05, 0) is 51.3 Å².